The van der Waals surface area contributed by atoms with Gasteiger partial charge in [-0.05, 0) is 36.8 Å². The second-order valence-corrected chi connectivity index (χ2v) is 5.93. The quantitative estimate of drug-likeness (QED) is 0.560. The Hall–Kier alpha value is -3.12. The summed E-state index contributed by atoms with van der Waals surface area (Å²) in [5.74, 6) is -1.48. The first kappa shape index (κ1) is 17.7. The molecule has 0 radical (unpaired) electrons. The van der Waals surface area contributed by atoms with Crippen LogP contribution >= 0.6 is 11.6 Å². The van der Waals surface area contributed by atoms with Crippen molar-refractivity contribution in [3.8, 4) is 0 Å². The van der Waals surface area contributed by atoms with E-state index in [9.17, 15) is 14.4 Å². The number of para-hydroxylation sites is 1. The number of amides is 1. The van der Waals surface area contributed by atoms with E-state index >= 15 is 0 Å². The summed E-state index contributed by atoms with van der Waals surface area (Å²) in [5.41, 5.74) is 0.492. The van der Waals surface area contributed by atoms with E-state index in [1.807, 2.05) is 0 Å². The number of hydrogen-bond donors (Lipinski definition) is 1. The van der Waals surface area contributed by atoms with Crippen LogP contribution in [0.4, 0.5) is 5.69 Å². The molecule has 0 spiro atoms. The average molecular weight is 372 g/mol. The summed E-state index contributed by atoms with van der Waals surface area (Å²) >= 11 is 5.99. The van der Waals surface area contributed by atoms with Gasteiger partial charge >= 0.3 is 11.6 Å². The van der Waals surface area contributed by atoms with E-state index in [-0.39, 0.29) is 5.56 Å². The average Bonchev–Trinajstić information content (AvgIpc) is 2.63. The van der Waals surface area contributed by atoms with E-state index < -0.39 is 24.1 Å². The Morgan fingerprint density at radius 2 is 1.92 bits per heavy atom. The summed E-state index contributed by atoms with van der Waals surface area (Å²) < 4.78 is 9.99. The van der Waals surface area contributed by atoms with Crippen molar-refractivity contribution in [3.63, 3.8) is 0 Å². The number of rotatable bonds is 4. The second-order valence-electron chi connectivity index (χ2n) is 5.52. The van der Waals surface area contributed by atoms with Crippen LogP contribution in [0, 0.1) is 6.92 Å². The molecular weight excluding hydrogens is 358 g/mol. The molecule has 2 aromatic carbocycles. The van der Waals surface area contributed by atoms with Gasteiger partial charge in [-0.15, -0.1) is 0 Å². The van der Waals surface area contributed by atoms with Crippen LogP contribution in [0.15, 0.2) is 57.7 Å². The van der Waals surface area contributed by atoms with E-state index in [2.05, 4.69) is 5.32 Å². The maximum Gasteiger partial charge on any atom is 0.351 e. The molecule has 0 fully saturated rings. The fourth-order valence-corrected chi connectivity index (χ4v) is 2.52. The number of nitrogens with one attached hydrogen (secondary N) is 1. The molecule has 1 aromatic heterocycles. The number of ether oxygens (including phenoxy) is 1. The third-order valence-corrected chi connectivity index (χ3v) is 4.15. The van der Waals surface area contributed by atoms with Gasteiger partial charge in [-0.1, -0.05) is 35.9 Å². The highest BCUT2D eigenvalue weighted by Crippen LogP contribution is 2.22. The molecule has 26 heavy (non-hydrogen) atoms. The van der Waals surface area contributed by atoms with Crippen LogP contribution in [0.25, 0.3) is 11.0 Å². The van der Waals surface area contributed by atoms with Gasteiger partial charge in [-0.25, -0.2) is 9.59 Å². The monoisotopic (exact) mass is 371 g/mol. The highest BCUT2D eigenvalue weighted by atomic mass is 35.5. The zero-order valence-corrected chi connectivity index (χ0v) is 14.5. The van der Waals surface area contributed by atoms with Gasteiger partial charge < -0.3 is 14.5 Å². The fourth-order valence-electron chi connectivity index (χ4n) is 2.34. The zero-order chi connectivity index (χ0) is 18.7. The number of fused-ring (bicyclic) bond motifs is 1. The largest absolute Gasteiger partial charge is 0.452 e. The molecule has 3 rings (SSSR count). The highest BCUT2D eigenvalue weighted by molar-refractivity contribution is 6.31. The van der Waals surface area contributed by atoms with Gasteiger partial charge in [0.15, 0.2) is 6.61 Å². The van der Waals surface area contributed by atoms with E-state index in [1.54, 1.807) is 49.4 Å². The Morgan fingerprint density at radius 1 is 1.15 bits per heavy atom. The summed E-state index contributed by atoms with van der Waals surface area (Å²) in [6.07, 6.45) is 0. The van der Waals surface area contributed by atoms with E-state index in [0.717, 1.165) is 0 Å². The van der Waals surface area contributed by atoms with E-state index in [4.69, 9.17) is 20.8 Å². The van der Waals surface area contributed by atoms with Crippen LogP contribution in [0.1, 0.15) is 15.9 Å². The Labute approximate surface area is 153 Å². The van der Waals surface area contributed by atoms with E-state index in [0.29, 0.717) is 27.2 Å². The minimum absolute atomic E-state index is 0.268. The molecule has 3 aromatic rings. The van der Waals surface area contributed by atoms with Crippen LogP contribution in [0.3, 0.4) is 0 Å². The zero-order valence-electron chi connectivity index (χ0n) is 13.7. The standard InChI is InChI=1S/C19H14ClNO5/c1-11-14(20)6-4-7-15(11)21-17(22)10-25-18(23)13-9-12-5-2-3-8-16(12)26-19(13)24/h2-9H,10H2,1H3,(H,21,22). The Morgan fingerprint density at radius 3 is 2.73 bits per heavy atom. The van der Waals surface area contributed by atoms with Crippen molar-refractivity contribution in [1.29, 1.82) is 0 Å². The van der Waals surface area contributed by atoms with Crippen molar-refractivity contribution in [2.45, 2.75) is 6.92 Å². The van der Waals surface area contributed by atoms with Crippen molar-refractivity contribution in [2.75, 3.05) is 11.9 Å². The summed E-state index contributed by atoms with van der Waals surface area (Å²) in [4.78, 5) is 36.0. The molecule has 132 valence electrons. The van der Waals surface area contributed by atoms with Crippen molar-refractivity contribution in [1.82, 2.24) is 0 Å². The minimum Gasteiger partial charge on any atom is -0.452 e. The molecule has 0 atom stereocenters. The molecule has 1 N–H and O–H groups in total. The number of anilines is 1. The number of halogens is 1. The molecule has 1 amide bonds. The number of hydrogen-bond acceptors (Lipinski definition) is 5. The van der Waals surface area contributed by atoms with Crippen LogP contribution in [-0.4, -0.2) is 18.5 Å². The van der Waals surface area contributed by atoms with Crippen molar-refractivity contribution in [3.05, 3.63) is 75.1 Å². The van der Waals surface area contributed by atoms with Gasteiger partial charge in [-0.3, -0.25) is 4.79 Å². The number of carbonyl (C=O) groups excluding carboxylic acids is 2. The molecule has 1 heterocycles. The maximum absolute atomic E-state index is 12.1. The molecule has 7 heteroatoms. The first-order chi connectivity index (χ1) is 12.5. The van der Waals surface area contributed by atoms with Crippen molar-refractivity contribution in [2.24, 2.45) is 0 Å². The minimum atomic E-state index is -0.928. The van der Waals surface area contributed by atoms with Gasteiger partial charge in [0.25, 0.3) is 5.91 Å². The third kappa shape index (κ3) is 3.75. The van der Waals surface area contributed by atoms with Crippen molar-refractivity contribution < 1.29 is 18.7 Å². The van der Waals surface area contributed by atoms with Gasteiger partial charge in [0.2, 0.25) is 0 Å². The van der Waals surface area contributed by atoms with Crippen LogP contribution in [0.2, 0.25) is 5.02 Å². The third-order valence-electron chi connectivity index (χ3n) is 3.74. The van der Waals surface area contributed by atoms with Gasteiger partial charge in [0.05, 0.1) is 0 Å². The molecule has 0 aliphatic carbocycles. The van der Waals surface area contributed by atoms with Gasteiger partial charge in [0.1, 0.15) is 11.1 Å². The molecule has 0 saturated carbocycles. The summed E-state index contributed by atoms with van der Waals surface area (Å²) in [6.45, 7) is 1.21. The lowest BCUT2D eigenvalue weighted by molar-refractivity contribution is -0.119. The molecule has 6 nitrogen and oxygen atoms in total. The summed E-state index contributed by atoms with van der Waals surface area (Å²) in [7, 11) is 0. The molecular formula is C19H14ClNO5. The van der Waals surface area contributed by atoms with E-state index in [1.165, 1.54) is 6.07 Å². The smallest absolute Gasteiger partial charge is 0.351 e. The summed E-state index contributed by atoms with van der Waals surface area (Å²) in [6, 6.07) is 13.2. The lowest BCUT2D eigenvalue weighted by Gasteiger charge is -2.09. The normalized spacial score (nSPS) is 10.5. The lowest BCUT2D eigenvalue weighted by Crippen LogP contribution is -2.23. The second kappa shape index (κ2) is 7.41. The van der Waals surface area contributed by atoms with Crippen molar-refractivity contribution >= 4 is 40.1 Å². The summed E-state index contributed by atoms with van der Waals surface area (Å²) in [5, 5.41) is 3.69. The lowest BCUT2D eigenvalue weighted by atomic mass is 10.2. The molecule has 0 saturated heterocycles. The van der Waals surface area contributed by atoms with Crippen LogP contribution in [-0.2, 0) is 9.53 Å². The SMILES string of the molecule is Cc1c(Cl)cccc1NC(=O)COC(=O)c1cc2ccccc2oc1=O. The Bertz CT molecular complexity index is 1060. The molecule has 0 aliphatic heterocycles. The number of esters is 1. The highest BCUT2D eigenvalue weighted by Gasteiger charge is 2.17. The Kier molecular flexibility index (Phi) is 5.04. The molecule has 0 bridgehead atoms. The van der Waals surface area contributed by atoms with Crippen LogP contribution < -0.4 is 10.9 Å². The number of carbonyl (C=O) groups is 2. The predicted molar refractivity (Wildman–Crippen MR) is 97.6 cm³/mol. The van der Waals surface area contributed by atoms with Crippen LogP contribution in [0.5, 0.6) is 0 Å². The number of benzene rings is 2. The first-order valence-corrected chi connectivity index (χ1v) is 8.08. The fraction of sp³-hybridized carbons (Fsp3) is 0.105. The van der Waals surface area contributed by atoms with Gasteiger partial charge in [0, 0.05) is 16.1 Å². The first-order valence-electron chi connectivity index (χ1n) is 7.70. The topological polar surface area (TPSA) is 85.6 Å². The molecule has 0 aliphatic rings. The molecule has 0 unspecified atom stereocenters. The van der Waals surface area contributed by atoms with Gasteiger partial charge in [-0.2, -0.15) is 0 Å². The predicted octanol–water partition coefficient (Wildman–Crippen LogP) is 3.55. The Balaban J connectivity index is 1.69. The maximum atomic E-state index is 12.1.